The summed E-state index contributed by atoms with van der Waals surface area (Å²) in [7, 11) is 0. The van der Waals surface area contributed by atoms with E-state index in [0.717, 1.165) is 15.6 Å². The number of aliphatic hydroxyl groups is 1. The minimum Gasteiger partial charge on any atom is -0.388 e. The van der Waals surface area contributed by atoms with Crippen LogP contribution in [0, 0.1) is 3.57 Å². The van der Waals surface area contributed by atoms with E-state index in [-0.39, 0.29) is 0 Å². The molecule has 0 bridgehead atoms. The summed E-state index contributed by atoms with van der Waals surface area (Å²) in [6, 6.07) is 13.6. The first kappa shape index (κ1) is 14.3. The minimum absolute atomic E-state index is 0.531. The lowest BCUT2D eigenvalue weighted by Gasteiger charge is -2.13. The van der Waals surface area contributed by atoms with E-state index in [4.69, 9.17) is 11.6 Å². The van der Waals surface area contributed by atoms with Crippen LogP contribution < -0.4 is 0 Å². The van der Waals surface area contributed by atoms with Crippen LogP contribution >= 0.6 is 50.1 Å². The molecule has 4 heteroatoms. The van der Waals surface area contributed by atoms with E-state index in [1.807, 2.05) is 30.3 Å². The van der Waals surface area contributed by atoms with Gasteiger partial charge in [0, 0.05) is 19.5 Å². The van der Waals surface area contributed by atoms with Gasteiger partial charge in [0.2, 0.25) is 0 Å². The van der Waals surface area contributed by atoms with Gasteiger partial charge < -0.3 is 5.11 Å². The first-order chi connectivity index (χ1) is 8.56. The molecule has 18 heavy (non-hydrogen) atoms. The van der Waals surface area contributed by atoms with E-state index in [9.17, 15) is 5.11 Å². The zero-order valence-corrected chi connectivity index (χ0v) is 13.9. The highest BCUT2D eigenvalue weighted by atomic mass is 127. The quantitative estimate of drug-likeness (QED) is 0.672. The number of hydrogen-bond acceptors (Lipinski definition) is 1. The maximum Gasteiger partial charge on any atom is 0.0841 e. The molecule has 0 spiro atoms. The third-order valence-corrected chi connectivity index (χ3v) is 4.30. The van der Waals surface area contributed by atoms with E-state index in [1.54, 1.807) is 12.1 Å². The normalized spacial score (nSPS) is 12.4. The zero-order valence-electron chi connectivity index (χ0n) is 9.41. The molecule has 0 saturated carbocycles. The molecule has 0 aliphatic carbocycles. The lowest BCUT2D eigenvalue weighted by atomic mass is 10.0. The van der Waals surface area contributed by atoms with E-state index in [2.05, 4.69) is 38.5 Å². The van der Waals surface area contributed by atoms with Crippen LogP contribution in [0.2, 0.25) is 5.02 Å². The monoisotopic (exact) mass is 436 g/mol. The van der Waals surface area contributed by atoms with Gasteiger partial charge in [-0.2, -0.15) is 0 Å². The Labute approximate surface area is 133 Å². The average molecular weight is 438 g/mol. The molecular weight excluding hydrogens is 426 g/mol. The average Bonchev–Trinajstić information content (AvgIpc) is 2.32. The minimum atomic E-state index is -0.531. The number of halogens is 3. The lowest BCUT2D eigenvalue weighted by molar-refractivity contribution is 0.177. The van der Waals surface area contributed by atoms with Crippen LogP contribution in [0.4, 0.5) is 0 Å². The number of aliphatic hydroxyl groups excluding tert-OH is 1. The predicted molar refractivity (Wildman–Crippen MR) is 87.0 cm³/mol. The summed E-state index contributed by atoms with van der Waals surface area (Å²) in [5.74, 6) is 0. The Morgan fingerprint density at radius 3 is 2.44 bits per heavy atom. The fourth-order valence-electron chi connectivity index (χ4n) is 1.73. The number of benzene rings is 2. The third-order valence-electron chi connectivity index (χ3n) is 2.66. The van der Waals surface area contributed by atoms with Crippen molar-refractivity contribution in [3.05, 3.63) is 66.7 Å². The van der Waals surface area contributed by atoms with Crippen molar-refractivity contribution in [3.8, 4) is 0 Å². The van der Waals surface area contributed by atoms with Gasteiger partial charge in [-0.15, -0.1) is 0 Å². The number of hydrogen-bond donors (Lipinski definition) is 1. The molecule has 2 aromatic rings. The molecule has 1 unspecified atom stereocenters. The smallest absolute Gasteiger partial charge is 0.0841 e. The molecule has 0 fully saturated rings. The molecule has 0 aliphatic heterocycles. The zero-order chi connectivity index (χ0) is 13.1. The highest BCUT2D eigenvalue weighted by Gasteiger charge is 2.12. The summed E-state index contributed by atoms with van der Waals surface area (Å²) >= 11 is 11.6. The van der Waals surface area contributed by atoms with Crippen molar-refractivity contribution < 1.29 is 5.11 Å². The van der Waals surface area contributed by atoms with Crippen molar-refractivity contribution in [2.45, 2.75) is 12.5 Å². The van der Waals surface area contributed by atoms with Crippen molar-refractivity contribution >= 4 is 50.1 Å². The Balaban J connectivity index is 2.16. The van der Waals surface area contributed by atoms with Gasteiger partial charge in [-0.3, -0.25) is 0 Å². The van der Waals surface area contributed by atoms with Crippen LogP contribution in [0.3, 0.4) is 0 Å². The predicted octanol–water partition coefficient (Wildman–Crippen LogP) is 4.98. The van der Waals surface area contributed by atoms with Crippen molar-refractivity contribution in [2.24, 2.45) is 0 Å². The fraction of sp³-hybridized carbons (Fsp3) is 0.143. The van der Waals surface area contributed by atoms with Crippen molar-refractivity contribution in [1.82, 2.24) is 0 Å². The molecule has 0 amide bonds. The van der Waals surface area contributed by atoms with Crippen LogP contribution in [-0.4, -0.2) is 5.11 Å². The lowest BCUT2D eigenvalue weighted by Crippen LogP contribution is -2.02. The van der Waals surface area contributed by atoms with Crippen molar-refractivity contribution in [3.63, 3.8) is 0 Å². The largest absolute Gasteiger partial charge is 0.388 e. The molecule has 1 nitrogen and oxygen atoms in total. The highest BCUT2D eigenvalue weighted by molar-refractivity contribution is 14.1. The van der Waals surface area contributed by atoms with Gasteiger partial charge in [-0.05, 0) is 58.0 Å². The Kier molecular flexibility index (Phi) is 5.06. The first-order valence-electron chi connectivity index (χ1n) is 5.44. The van der Waals surface area contributed by atoms with Gasteiger partial charge in [-0.1, -0.05) is 45.7 Å². The van der Waals surface area contributed by atoms with Gasteiger partial charge in [0.05, 0.1) is 6.10 Å². The van der Waals surface area contributed by atoms with Crippen LogP contribution in [0.25, 0.3) is 0 Å². The highest BCUT2D eigenvalue weighted by Crippen LogP contribution is 2.28. The number of rotatable bonds is 3. The molecule has 0 radical (unpaired) electrons. The van der Waals surface area contributed by atoms with Crippen molar-refractivity contribution in [2.75, 3.05) is 0 Å². The van der Waals surface area contributed by atoms with Gasteiger partial charge >= 0.3 is 0 Å². The third kappa shape index (κ3) is 3.70. The van der Waals surface area contributed by atoms with E-state index >= 15 is 0 Å². The molecule has 0 aromatic heterocycles. The standard InChI is InChI=1S/C14H11BrClIO/c15-13-8-10(16)3-6-12(13)14(18)7-9-1-4-11(17)5-2-9/h1-6,8,14,18H,7H2. The van der Waals surface area contributed by atoms with Crippen LogP contribution in [0.5, 0.6) is 0 Å². The molecule has 2 rings (SSSR count). The van der Waals surface area contributed by atoms with Gasteiger partial charge in [0.1, 0.15) is 0 Å². The van der Waals surface area contributed by atoms with Crippen LogP contribution in [-0.2, 0) is 6.42 Å². The molecule has 1 N–H and O–H groups in total. The Hall–Kier alpha value is -0.100. The molecule has 0 heterocycles. The Morgan fingerprint density at radius 2 is 1.83 bits per heavy atom. The summed E-state index contributed by atoms with van der Waals surface area (Å²) < 4.78 is 2.03. The van der Waals surface area contributed by atoms with Crippen LogP contribution in [0.1, 0.15) is 17.2 Å². The van der Waals surface area contributed by atoms with Crippen LogP contribution in [0.15, 0.2) is 46.9 Å². The molecule has 0 saturated heterocycles. The summed E-state index contributed by atoms with van der Waals surface area (Å²) in [5.41, 5.74) is 1.97. The maximum absolute atomic E-state index is 10.2. The topological polar surface area (TPSA) is 20.2 Å². The second-order valence-electron chi connectivity index (χ2n) is 4.01. The van der Waals surface area contributed by atoms with Crippen molar-refractivity contribution in [1.29, 1.82) is 0 Å². The van der Waals surface area contributed by atoms with E-state index in [1.165, 1.54) is 3.57 Å². The fourth-order valence-corrected chi connectivity index (χ4v) is 3.03. The summed E-state index contributed by atoms with van der Waals surface area (Å²) in [6.45, 7) is 0. The summed E-state index contributed by atoms with van der Waals surface area (Å²) in [5, 5.41) is 10.9. The van der Waals surface area contributed by atoms with Gasteiger partial charge in [-0.25, -0.2) is 0 Å². The van der Waals surface area contributed by atoms with E-state index < -0.39 is 6.10 Å². The summed E-state index contributed by atoms with van der Waals surface area (Å²) in [6.07, 6.45) is 0.0636. The van der Waals surface area contributed by atoms with Gasteiger partial charge in [0.25, 0.3) is 0 Å². The molecule has 94 valence electrons. The second kappa shape index (κ2) is 6.37. The maximum atomic E-state index is 10.2. The first-order valence-corrected chi connectivity index (χ1v) is 7.68. The Bertz CT molecular complexity index is 542. The second-order valence-corrected chi connectivity index (χ2v) is 6.55. The summed E-state index contributed by atoms with van der Waals surface area (Å²) in [4.78, 5) is 0. The molecule has 2 aromatic carbocycles. The Morgan fingerprint density at radius 1 is 1.17 bits per heavy atom. The molecular formula is C14H11BrClIO. The molecule has 0 aliphatic rings. The SMILES string of the molecule is OC(Cc1ccc(I)cc1)c1ccc(Cl)cc1Br. The van der Waals surface area contributed by atoms with E-state index in [0.29, 0.717) is 11.4 Å². The van der Waals surface area contributed by atoms with Gasteiger partial charge in [0.15, 0.2) is 0 Å². The molecule has 1 atom stereocenters.